The number of benzene rings is 1. The summed E-state index contributed by atoms with van der Waals surface area (Å²) < 4.78 is 27.4. The van der Waals surface area contributed by atoms with Crippen LogP contribution in [0.2, 0.25) is 0 Å². The van der Waals surface area contributed by atoms with E-state index in [-0.39, 0.29) is 10.5 Å². The van der Waals surface area contributed by atoms with Crippen LogP contribution in [0.25, 0.3) is 0 Å². The minimum atomic E-state index is -0.859. The highest BCUT2D eigenvalue weighted by Gasteiger charge is 2.28. The van der Waals surface area contributed by atoms with Crippen LogP contribution in [-0.4, -0.2) is 29.9 Å². The molecular formula is C11H11BrF2N2O. The molecule has 0 spiro atoms. The van der Waals surface area contributed by atoms with Crippen LogP contribution < -0.4 is 5.73 Å². The predicted molar refractivity (Wildman–Crippen MR) is 62.6 cm³/mol. The summed E-state index contributed by atoms with van der Waals surface area (Å²) in [5, 5.41) is 0. The Labute approximate surface area is 106 Å². The van der Waals surface area contributed by atoms with Gasteiger partial charge in [0.1, 0.15) is 17.2 Å². The summed E-state index contributed by atoms with van der Waals surface area (Å²) in [4.78, 5) is 13.3. The van der Waals surface area contributed by atoms with Crippen molar-refractivity contribution < 1.29 is 13.6 Å². The molecule has 0 radical (unpaired) electrons. The molecule has 2 N–H and O–H groups in total. The van der Waals surface area contributed by atoms with E-state index in [2.05, 4.69) is 15.9 Å². The zero-order valence-electron chi connectivity index (χ0n) is 8.92. The molecule has 1 aliphatic rings. The number of carbonyl (C=O) groups excluding carboxylic acids is 1. The third kappa shape index (κ3) is 2.47. The molecule has 1 aliphatic heterocycles. The van der Waals surface area contributed by atoms with Gasteiger partial charge in [0.15, 0.2) is 0 Å². The maximum absolute atomic E-state index is 13.6. The molecule has 92 valence electrons. The minimum absolute atomic E-state index is 0.111. The van der Waals surface area contributed by atoms with Crippen molar-refractivity contribution >= 4 is 21.8 Å². The van der Waals surface area contributed by atoms with Crippen LogP contribution >= 0.6 is 15.9 Å². The number of hydrogen-bond donors (Lipinski definition) is 1. The van der Waals surface area contributed by atoms with Crippen molar-refractivity contribution in [2.24, 2.45) is 5.73 Å². The van der Waals surface area contributed by atoms with E-state index >= 15 is 0 Å². The first kappa shape index (κ1) is 12.4. The van der Waals surface area contributed by atoms with Crippen molar-refractivity contribution in [1.82, 2.24) is 4.90 Å². The fourth-order valence-electron chi connectivity index (χ4n) is 1.88. The van der Waals surface area contributed by atoms with E-state index in [4.69, 9.17) is 5.73 Å². The Morgan fingerprint density at radius 3 is 2.47 bits per heavy atom. The number of rotatable bonds is 1. The quantitative estimate of drug-likeness (QED) is 0.861. The first-order chi connectivity index (χ1) is 7.99. The molecule has 0 aromatic heterocycles. The first-order valence-electron chi connectivity index (χ1n) is 5.18. The topological polar surface area (TPSA) is 46.3 Å². The molecular weight excluding hydrogens is 294 g/mol. The Morgan fingerprint density at radius 1 is 1.41 bits per heavy atom. The second kappa shape index (κ2) is 4.70. The SMILES string of the molecule is N[C@@H]1CCN(C(=O)c2c(F)cc(Br)cc2F)C1. The van der Waals surface area contributed by atoms with Gasteiger partial charge in [-0.05, 0) is 18.6 Å². The summed E-state index contributed by atoms with van der Waals surface area (Å²) in [6, 6.07) is 2.04. The smallest absolute Gasteiger partial charge is 0.259 e. The van der Waals surface area contributed by atoms with E-state index in [1.54, 1.807) is 0 Å². The van der Waals surface area contributed by atoms with Crippen molar-refractivity contribution in [1.29, 1.82) is 0 Å². The Kier molecular flexibility index (Phi) is 3.44. The van der Waals surface area contributed by atoms with Gasteiger partial charge in [0.25, 0.3) is 5.91 Å². The van der Waals surface area contributed by atoms with E-state index in [1.807, 2.05) is 0 Å². The molecule has 1 amide bonds. The summed E-state index contributed by atoms with van der Waals surface area (Å²) in [6.45, 7) is 0.780. The average Bonchev–Trinajstić information content (AvgIpc) is 2.63. The molecule has 6 heteroatoms. The zero-order valence-corrected chi connectivity index (χ0v) is 10.5. The lowest BCUT2D eigenvalue weighted by atomic mass is 10.1. The van der Waals surface area contributed by atoms with Crippen LogP contribution in [0, 0.1) is 11.6 Å². The lowest BCUT2D eigenvalue weighted by Crippen LogP contribution is -2.33. The molecule has 0 bridgehead atoms. The normalized spacial score (nSPS) is 19.8. The van der Waals surface area contributed by atoms with E-state index in [9.17, 15) is 13.6 Å². The predicted octanol–water partition coefficient (Wildman–Crippen LogP) is 1.90. The summed E-state index contributed by atoms with van der Waals surface area (Å²) in [5.41, 5.74) is 5.14. The highest BCUT2D eigenvalue weighted by molar-refractivity contribution is 9.10. The number of likely N-dealkylation sites (tertiary alicyclic amines) is 1. The van der Waals surface area contributed by atoms with Crippen LogP contribution in [0.3, 0.4) is 0 Å². The van der Waals surface area contributed by atoms with Gasteiger partial charge in [0, 0.05) is 23.6 Å². The van der Waals surface area contributed by atoms with Gasteiger partial charge in [0.2, 0.25) is 0 Å². The van der Waals surface area contributed by atoms with Crippen molar-refractivity contribution in [3.8, 4) is 0 Å². The molecule has 0 saturated carbocycles. The molecule has 1 aromatic carbocycles. The second-order valence-electron chi connectivity index (χ2n) is 4.04. The molecule has 1 aromatic rings. The van der Waals surface area contributed by atoms with Crippen LogP contribution in [0.1, 0.15) is 16.8 Å². The lowest BCUT2D eigenvalue weighted by molar-refractivity contribution is 0.0781. The summed E-state index contributed by atoms with van der Waals surface area (Å²) in [5.74, 6) is -2.36. The number of nitrogens with two attached hydrogens (primary N) is 1. The summed E-state index contributed by atoms with van der Waals surface area (Å²) in [7, 11) is 0. The van der Waals surface area contributed by atoms with E-state index in [1.165, 1.54) is 4.90 Å². The number of halogens is 3. The van der Waals surface area contributed by atoms with Gasteiger partial charge in [0.05, 0.1) is 0 Å². The van der Waals surface area contributed by atoms with Crippen LogP contribution in [0.5, 0.6) is 0 Å². The Balaban J connectivity index is 2.31. The number of hydrogen-bond acceptors (Lipinski definition) is 2. The molecule has 1 atom stereocenters. The highest BCUT2D eigenvalue weighted by Crippen LogP contribution is 2.22. The number of amides is 1. The van der Waals surface area contributed by atoms with E-state index in [0.29, 0.717) is 19.5 Å². The summed E-state index contributed by atoms with van der Waals surface area (Å²) >= 11 is 2.96. The third-order valence-corrected chi connectivity index (χ3v) is 3.19. The van der Waals surface area contributed by atoms with Crippen molar-refractivity contribution in [2.75, 3.05) is 13.1 Å². The number of carbonyl (C=O) groups is 1. The average molecular weight is 305 g/mol. The third-order valence-electron chi connectivity index (χ3n) is 2.73. The molecule has 0 aliphatic carbocycles. The number of nitrogens with zero attached hydrogens (tertiary/aromatic N) is 1. The van der Waals surface area contributed by atoms with Gasteiger partial charge < -0.3 is 10.6 Å². The zero-order chi connectivity index (χ0) is 12.6. The van der Waals surface area contributed by atoms with E-state index < -0.39 is 23.1 Å². The fourth-order valence-corrected chi connectivity index (χ4v) is 2.28. The molecule has 17 heavy (non-hydrogen) atoms. The molecule has 1 heterocycles. The monoisotopic (exact) mass is 304 g/mol. The Bertz CT molecular complexity index is 444. The van der Waals surface area contributed by atoms with Gasteiger partial charge in [-0.25, -0.2) is 8.78 Å². The van der Waals surface area contributed by atoms with Crippen LogP contribution in [0.4, 0.5) is 8.78 Å². The lowest BCUT2D eigenvalue weighted by Gasteiger charge is -2.16. The minimum Gasteiger partial charge on any atom is -0.337 e. The first-order valence-corrected chi connectivity index (χ1v) is 5.97. The summed E-state index contributed by atoms with van der Waals surface area (Å²) in [6.07, 6.45) is 0.658. The molecule has 0 unspecified atom stereocenters. The largest absolute Gasteiger partial charge is 0.337 e. The molecule has 3 nitrogen and oxygen atoms in total. The van der Waals surface area contributed by atoms with Crippen LogP contribution in [0.15, 0.2) is 16.6 Å². The van der Waals surface area contributed by atoms with Gasteiger partial charge in [-0.2, -0.15) is 0 Å². The highest BCUT2D eigenvalue weighted by atomic mass is 79.9. The molecule has 1 fully saturated rings. The van der Waals surface area contributed by atoms with Gasteiger partial charge in [-0.1, -0.05) is 15.9 Å². The van der Waals surface area contributed by atoms with Crippen molar-refractivity contribution in [3.05, 3.63) is 33.8 Å². The van der Waals surface area contributed by atoms with Gasteiger partial charge >= 0.3 is 0 Å². The van der Waals surface area contributed by atoms with Crippen molar-refractivity contribution in [2.45, 2.75) is 12.5 Å². The molecule has 1 saturated heterocycles. The fraction of sp³-hybridized carbons (Fsp3) is 0.364. The standard InChI is InChI=1S/C11H11BrF2N2O/c12-6-3-8(13)10(9(14)4-6)11(17)16-2-1-7(15)5-16/h3-4,7H,1-2,5,15H2/t7-/m1/s1. The van der Waals surface area contributed by atoms with Crippen molar-refractivity contribution in [3.63, 3.8) is 0 Å². The second-order valence-corrected chi connectivity index (χ2v) is 4.96. The van der Waals surface area contributed by atoms with Crippen LogP contribution in [-0.2, 0) is 0 Å². The maximum atomic E-state index is 13.6. The van der Waals surface area contributed by atoms with Gasteiger partial charge in [-0.3, -0.25) is 4.79 Å². The van der Waals surface area contributed by atoms with E-state index in [0.717, 1.165) is 12.1 Å². The Morgan fingerprint density at radius 2 is 2.00 bits per heavy atom. The van der Waals surface area contributed by atoms with Gasteiger partial charge in [-0.15, -0.1) is 0 Å². The Hall–Kier alpha value is -1.01. The molecule has 2 rings (SSSR count). The maximum Gasteiger partial charge on any atom is 0.259 e.